The molecular weight excluding hydrogens is 379 g/mol. The number of nitrogens with zero attached hydrogens (tertiary/aromatic N) is 4. The maximum Gasteiger partial charge on any atom is 0.131 e. The molecule has 4 rings (SSSR count). The lowest BCUT2D eigenvalue weighted by molar-refractivity contribution is 0.532. The van der Waals surface area contributed by atoms with E-state index in [9.17, 15) is 5.26 Å². The normalized spacial score (nSPS) is 11.4. The Morgan fingerprint density at radius 2 is 2.07 bits per heavy atom. The summed E-state index contributed by atoms with van der Waals surface area (Å²) in [5, 5.41) is 25.4. The molecule has 2 aromatic heterocycles. The molecule has 0 amide bonds. The first-order chi connectivity index (χ1) is 14.4. The number of nitrogens with one attached hydrogen (secondary N) is 2. The zero-order valence-corrected chi connectivity index (χ0v) is 17.4. The van der Waals surface area contributed by atoms with Crippen molar-refractivity contribution < 1.29 is 4.39 Å². The number of aryl methyl sites for hydroxylation is 1. The molecule has 0 aliphatic heterocycles. The van der Waals surface area contributed by atoms with E-state index < -0.39 is 0 Å². The Balaban J connectivity index is 1.92. The largest absolute Gasteiger partial charge is 0.316 e. The van der Waals surface area contributed by atoms with E-state index in [2.05, 4.69) is 40.5 Å². The number of hydrogen-bond donors (Lipinski definition) is 2. The Morgan fingerprint density at radius 1 is 1.27 bits per heavy atom. The highest BCUT2D eigenvalue weighted by atomic mass is 19.1. The molecule has 6 nitrogen and oxygen atoms in total. The Hall–Kier alpha value is -3.50. The molecule has 0 bridgehead atoms. The number of nitriles is 1. The van der Waals surface area contributed by atoms with Crippen LogP contribution in [0.3, 0.4) is 0 Å². The summed E-state index contributed by atoms with van der Waals surface area (Å²) in [7, 11) is 1.82. The standard InChI is InChI=1S/C23H23FN6/c1-13(2)30-12-17(11-27-30)23-19-8-18(16(9-25)7-21(19)28-29-23)22-14(3)5-15(10-26-4)6-20(22)24/h5-8,11-13,26H,10H2,1-4H3,(H,28,29). The average Bonchev–Trinajstić information content (AvgIpc) is 3.33. The molecule has 0 aliphatic rings. The van der Waals surface area contributed by atoms with E-state index in [1.807, 2.05) is 37.0 Å². The Labute approximate surface area is 174 Å². The van der Waals surface area contributed by atoms with Crippen molar-refractivity contribution in [1.29, 1.82) is 5.26 Å². The topological polar surface area (TPSA) is 82.3 Å². The molecule has 0 aliphatic carbocycles. The van der Waals surface area contributed by atoms with Crippen molar-refractivity contribution in [2.75, 3.05) is 7.05 Å². The van der Waals surface area contributed by atoms with Crippen molar-refractivity contribution in [1.82, 2.24) is 25.3 Å². The van der Waals surface area contributed by atoms with Crippen molar-refractivity contribution in [2.45, 2.75) is 33.4 Å². The highest BCUT2D eigenvalue weighted by Gasteiger charge is 2.19. The fourth-order valence-corrected chi connectivity index (χ4v) is 3.79. The smallest absolute Gasteiger partial charge is 0.131 e. The van der Waals surface area contributed by atoms with Crippen LogP contribution in [0.5, 0.6) is 0 Å². The number of hydrogen-bond acceptors (Lipinski definition) is 4. The lowest BCUT2D eigenvalue weighted by Crippen LogP contribution is -2.06. The van der Waals surface area contributed by atoms with E-state index in [1.165, 1.54) is 6.07 Å². The van der Waals surface area contributed by atoms with E-state index >= 15 is 4.39 Å². The van der Waals surface area contributed by atoms with Crippen LogP contribution in [-0.4, -0.2) is 27.0 Å². The van der Waals surface area contributed by atoms with E-state index in [0.717, 1.165) is 33.3 Å². The second-order valence-corrected chi connectivity index (χ2v) is 7.73. The molecule has 2 N–H and O–H groups in total. The number of aromatic amines is 1. The zero-order chi connectivity index (χ0) is 21.4. The zero-order valence-electron chi connectivity index (χ0n) is 17.4. The van der Waals surface area contributed by atoms with Crippen LogP contribution in [0.2, 0.25) is 0 Å². The van der Waals surface area contributed by atoms with Gasteiger partial charge in [0.15, 0.2) is 0 Å². The van der Waals surface area contributed by atoms with Crippen molar-refractivity contribution in [3.63, 3.8) is 0 Å². The summed E-state index contributed by atoms with van der Waals surface area (Å²) in [5.74, 6) is -0.339. The summed E-state index contributed by atoms with van der Waals surface area (Å²) in [6.45, 7) is 6.56. The second-order valence-electron chi connectivity index (χ2n) is 7.73. The molecule has 0 radical (unpaired) electrons. The van der Waals surface area contributed by atoms with Gasteiger partial charge >= 0.3 is 0 Å². The maximum atomic E-state index is 15.1. The van der Waals surface area contributed by atoms with Crippen molar-refractivity contribution >= 4 is 10.9 Å². The first-order valence-electron chi connectivity index (χ1n) is 9.83. The van der Waals surface area contributed by atoms with Gasteiger partial charge in [0.1, 0.15) is 11.5 Å². The summed E-state index contributed by atoms with van der Waals surface area (Å²) < 4.78 is 17.0. The van der Waals surface area contributed by atoms with Crippen molar-refractivity contribution in [3.8, 4) is 28.5 Å². The molecule has 4 aromatic rings. The second kappa shape index (κ2) is 7.73. The van der Waals surface area contributed by atoms with Crippen LogP contribution in [0.4, 0.5) is 4.39 Å². The fraction of sp³-hybridized carbons (Fsp3) is 0.261. The number of halogens is 1. The molecule has 0 saturated heterocycles. The van der Waals surface area contributed by atoms with E-state index in [1.54, 1.807) is 12.3 Å². The van der Waals surface area contributed by atoms with Gasteiger partial charge in [0.25, 0.3) is 0 Å². The molecule has 0 atom stereocenters. The van der Waals surface area contributed by atoms with Gasteiger partial charge < -0.3 is 5.32 Å². The molecule has 7 heteroatoms. The minimum Gasteiger partial charge on any atom is -0.316 e. The highest BCUT2D eigenvalue weighted by Crippen LogP contribution is 2.36. The number of benzene rings is 2. The van der Waals surface area contributed by atoms with Gasteiger partial charge in [0.2, 0.25) is 0 Å². The van der Waals surface area contributed by atoms with Gasteiger partial charge in [0.05, 0.1) is 23.3 Å². The fourth-order valence-electron chi connectivity index (χ4n) is 3.79. The lowest BCUT2D eigenvalue weighted by atomic mass is 9.92. The maximum absolute atomic E-state index is 15.1. The van der Waals surface area contributed by atoms with Crippen LogP contribution in [0, 0.1) is 24.1 Å². The number of aromatic nitrogens is 4. The van der Waals surface area contributed by atoms with Crippen LogP contribution in [0.15, 0.2) is 36.7 Å². The number of rotatable bonds is 5. The van der Waals surface area contributed by atoms with Gasteiger partial charge in [-0.3, -0.25) is 9.78 Å². The first-order valence-corrected chi connectivity index (χ1v) is 9.83. The Kier molecular flexibility index (Phi) is 5.10. The van der Waals surface area contributed by atoms with Gasteiger partial charge in [-0.25, -0.2) is 4.39 Å². The van der Waals surface area contributed by atoms with Gasteiger partial charge in [-0.05, 0) is 57.1 Å². The summed E-state index contributed by atoms with van der Waals surface area (Å²) >= 11 is 0. The summed E-state index contributed by atoms with van der Waals surface area (Å²) in [6.07, 6.45) is 3.71. The van der Waals surface area contributed by atoms with Crippen molar-refractivity contribution in [2.24, 2.45) is 0 Å². The summed E-state index contributed by atoms with van der Waals surface area (Å²) in [4.78, 5) is 0. The predicted molar refractivity (Wildman–Crippen MR) is 115 cm³/mol. The molecule has 0 fully saturated rings. The van der Waals surface area contributed by atoms with Gasteiger partial charge in [-0.1, -0.05) is 6.07 Å². The predicted octanol–water partition coefficient (Wildman–Crippen LogP) is 4.71. The third-order valence-electron chi connectivity index (χ3n) is 5.22. The molecule has 2 heterocycles. The molecule has 0 spiro atoms. The van der Waals surface area contributed by atoms with Crippen LogP contribution >= 0.6 is 0 Å². The van der Waals surface area contributed by atoms with E-state index in [0.29, 0.717) is 23.2 Å². The molecule has 2 aromatic carbocycles. The quantitative estimate of drug-likeness (QED) is 0.506. The molecule has 0 unspecified atom stereocenters. The molecule has 30 heavy (non-hydrogen) atoms. The number of H-pyrrole nitrogens is 1. The van der Waals surface area contributed by atoms with E-state index in [4.69, 9.17) is 0 Å². The third kappa shape index (κ3) is 3.36. The minimum atomic E-state index is -0.339. The lowest BCUT2D eigenvalue weighted by Gasteiger charge is -2.12. The minimum absolute atomic E-state index is 0.234. The van der Waals surface area contributed by atoms with Gasteiger partial charge in [-0.15, -0.1) is 0 Å². The van der Waals surface area contributed by atoms with Gasteiger partial charge in [0, 0.05) is 40.9 Å². The highest BCUT2D eigenvalue weighted by molar-refractivity contribution is 5.97. The molecular formula is C23H23FN6. The Bertz CT molecular complexity index is 1250. The van der Waals surface area contributed by atoms with Crippen LogP contribution < -0.4 is 5.32 Å². The monoisotopic (exact) mass is 402 g/mol. The third-order valence-corrected chi connectivity index (χ3v) is 5.22. The molecule has 152 valence electrons. The molecule has 0 saturated carbocycles. The first kappa shape index (κ1) is 19.8. The summed E-state index contributed by atoms with van der Waals surface area (Å²) in [6, 6.07) is 9.49. The SMILES string of the molecule is CNCc1cc(C)c(-c2cc3c(-c4cnn(C(C)C)c4)n[nH]c3cc2C#N)c(F)c1. The number of fused-ring (bicyclic) bond motifs is 1. The Morgan fingerprint density at radius 3 is 2.70 bits per heavy atom. The van der Waals surface area contributed by atoms with Crippen LogP contribution in [0.1, 0.15) is 36.6 Å². The van der Waals surface area contributed by atoms with Gasteiger partial charge in [-0.2, -0.15) is 15.5 Å². The van der Waals surface area contributed by atoms with Crippen LogP contribution in [0.25, 0.3) is 33.3 Å². The van der Waals surface area contributed by atoms with Crippen molar-refractivity contribution in [3.05, 3.63) is 59.2 Å². The average molecular weight is 402 g/mol. The summed E-state index contributed by atoms with van der Waals surface area (Å²) in [5.41, 5.74) is 5.38. The van der Waals surface area contributed by atoms with Crippen LogP contribution in [-0.2, 0) is 6.54 Å². The van der Waals surface area contributed by atoms with E-state index in [-0.39, 0.29) is 11.9 Å².